The first-order chi connectivity index (χ1) is 11.8. The van der Waals surface area contributed by atoms with Crippen LogP contribution in [0.5, 0.6) is 11.6 Å². The molecular weight excluding hydrogens is 338 g/mol. The highest BCUT2D eigenvalue weighted by Gasteiger charge is 2.20. The minimum Gasteiger partial charge on any atom is -0.506 e. The minimum atomic E-state index is -0.677. The van der Waals surface area contributed by atoms with Gasteiger partial charge in [-0.25, -0.2) is 0 Å². The van der Waals surface area contributed by atoms with Crippen molar-refractivity contribution in [2.45, 2.75) is 13.0 Å². The van der Waals surface area contributed by atoms with Crippen molar-refractivity contribution in [3.8, 4) is 11.6 Å². The van der Waals surface area contributed by atoms with Crippen LogP contribution in [0.2, 0.25) is 0 Å². The Labute approximate surface area is 139 Å². The maximum atomic E-state index is 11.9. The molecule has 2 N–H and O–H groups in total. The van der Waals surface area contributed by atoms with E-state index in [0.29, 0.717) is 0 Å². The molecule has 132 valence electrons. The Kier molecular flexibility index (Phi) is 5.12. The number of anilines is 1. The van der Waals surface area contributed by atoms with E-state index in [-0.39, 0.29) is 35.9 Å². The number of nitro groups is 2. The molecule has 1 heterocycles. The summed E-state index contributed by atoms with van der Waals surface area (Å²) in [5, 5.41) is 37.3. The fourth-order valence-electron chi connectivity index (χ4n) is 1.95. The second-order valence-corrected chi connectivity index (χ2v) is 4.80. The summed E-state index contributed by atoms with van der Waals surface area (Å²) in [6.45, 7) is 0.0315. The average Bonchev–Trinajstić information content (AvgIpc) is 2.98. The summed E-state index contributed by atoms with van der Waals surface area (Å²) in [4.78, 5) is 31.9. The molecule has 0 unspecified atom stereocenters. The number of hydrogen-bond donors (Lipinski definition) is 2. The molecule has 1 aromatic carbocycles. The van der Waals surface area contributed by atoms with Gasteiger partial charge in [0.25, 0.3) is 5.69 Å². The van der Waals surface area contributed by atoms with Crippen molar-refractivity contribution in [3.05, 3.63) is 44.6 Å². The third-order valence-corrected chi connectivity index (χ3v) is 3.13. The number of nitrogens with one attached hydrogen (secondary N) is 1. The predicted octanol–water partition coefficient (Wildman–Crippen LogP) is 1.44. The first kappa shape index (κ1) is 17.7. The van der Waals surface area contributed by atoms with E-state index < -0.39 is 21.5 Å². The standard InChI is InChI=1S/C13H13N5O7/c1-25-13-10(18(23)24)7-16(15-13)5-4-12(20)14-9-3-2-8(17(21)22)6-11(9)19/h2-3,6-7,19H,4-5H2,1H3,(H,14,20). The summed E-state index contributed by atoms with van der Waals surface area (Å²) in [6.07, 6.45) is 1.04. The maximum absolute atomic E-state index is 11.9. The number of phenols is 1. The van der Waals surface area contributed by atoms with E-state index in [4.69, 9.17) is 4.74 Å². The molecule has 0 spiro atoms. The lowest BCUT2D eigenvalue weighted by molar-refractivity contribution is -0.385. The van der Waals surface area contributed by atoms with E-state index >= 15 is 0 Å². The molecule has 25 heavy (non-hydrogen) atoms. The van der Waals surface area contributed by atoms with Gasteiger partial charge in [0.1, 0.15) is 11.9 Å². The molecule has 0 saturated heterocycles. The monoisotopic (exact) mass is 351 g/mol. The Morgan fingerprint density at radius 2 is 2.08 bits per heavy atom. The van der Waals surface area contributed by atoms with Crippen molar-refractivity contribution >= 4 is 23.0 Å². The fraction of sp³-hybridized carbons (Fsp3) is 0.231. The average molecular weight is 351 g/mol. The van der Waals surface area contributed by atoms with E-state index in [1.165, 1.54) is 17.9 Å². The summed E-state index contributed by atoms with van der Waals surface area (Å²) in [7, 11) is 1.24. The second kappa shape index (κ2) is 7.25. The summed E-state index contributed by atoms with van der Waals surface area (Å²) in [5.41, 5.74) is -0.623. The second-order valence-electron chi connectivity index (χ2n) is 4.80. The maximum Gasteiger partial charge on any atom is 0.350 e. The van der Waals surface area contributed by atoms with Crippen LogP contribution in [0.25, 0.3) is 0 Å². The molecule has 2 aromatic rings. The quantitative estimate of drug-likeness (QED) is 0.430. The van der Waals surface area contributed by atoms with Gasteiger partial charge < -0.3 is 15.2 Å². The van der Waals surface area contributed by atoms with Gasteiger partial charge in [-0.3, -0.25) is 29.7 Å². The lowest BCUT2D eigenvalue weighted by Crippen LogP contribution is -2.15. The molecule has 0 atom stereocenters. The van der Waals surface area contributed by atoms with Gasteiger partial charge in [0.05, 0.1) is 35.3 Å². The Balaban J connectivity index is 1.99. The van der Waals surface area contributed by atoms with E-state index in [0.717, 1.165) is 18.3 Å². The van der Waals surface area contributed by atoms with Gasteiger partial charge in [0, 0.05) is 12.5 Å². The van der Waals surface area contributed by atoms with Crippen molar-refractivity contribution in [2.75, 3.05) is 12.4 Å². The zero-order chi connectivity index (χ0) is 18.6. The number of amides is 1. The van der Waals surface area contributed by atoms with Crippen molar-refractivity contribution in [1.82, 2.24) is 9.78 Å². The zero-order valence-electron chi connectivity index (χ0n) is 12.9. The molecule has 2 rings (SSSR count). The number of aromatic hydroxyl groups is 1. The topological polar surface area (TPSA) is 163 Å². The summed E-state index contributed by atoms with van der Waals surface area (Å²) in [5.74, 6) is -1.13. The van der Waals surface area contributed by atoms with Crippen LogP contribution >= 0.6 is 0 Å². The Hall–Kier alpha value is -3.70. The van der Waals surface area contributed by atoms with Crippen LogP contribution in [0.4, 0.5) is 17.1 Å². The third-order valence-electron chi connectivity index (χ3n) is 3.13. The van der Waals surface area contributed by atoms with E-state index in [1.54, 1.807) is 0 Å². The zero-order valence-corrected chi connectivity index (χ0v) is 12.9. The number of benzene rings is 1. The van der Waals surface area contributed by atoms with Crippen LogP contribution in [0.15, 0.2) is 24.4 Å². The van der Waals surface area contributed by atoms with E-state index in [9.17, 15) is 30.1 Å². The summed E-state index contributed by atoms with van der Waals surface area (Å²) >= 11 is 0. The molecule has 0 aliphatic carbocycles. The highest BCUT2D eigenvalue weighted by atomic mass is 16.6. The summed E-state index contributed by atoms with van der Waals surface area (Å²) in [6, 6.07) is 3.25. The SMILES string of the molecule is COc1nn(CCC(=O)Nc2ccc([N+](=O)[O-])cc2O)cc1[N+](=O)[O-]. The highest BCUT2D eigenvalue weighted by molar-refractivity contribution is 5.92. The molecule has 12 nitrogen and oxygen atoms in total. The van der Waals surface area contributed by atoms with Crippen LogP contribution in [0.3, 0.4) is 0 Å². The molecule has 0 aliphatic heterocycles. The molecule has 0 bridgehead atoms. The van der Waals surface area contributed by atoms with Gasteiger partial charge in [0.15, 0.2) is 0 Å². The van der Waals surface area contributed by atoms with Crippen LogP contribution < -0.4 is 10.1 Å². The number of aryl methyl sites for hydroxylation is 1. The smallest absolute Gasteiger partial charge is 0.350 e. The first-order valence-corrected chi connectivity index (χ1v) is 6.85. The van der Waals surface area contributed by atoms with Crippen LogP contribution in [-0.2, 0) is 11.3 Å². The molecule has 1 aromatic heterocycles. The molecule has 1 amide bonds. The number of aromatic nitrogens is 2. The van der Waals surface area contributed by atoms with Gasteiger partial charge in [0.2, 0.25) is 5.91 Å². The number of carbonyl (C=O) groups excluding carboxylic acids is 1. The van der Waals surface area contributed by atoms with Crippen molar-refractivity contribution in [3.63, 3.8) is 0 Å². The number of rotatable bonds is 7. The van der Waals surface area contributed by atoms with E-state index in [1.807, 2.05) is 0 Å². The first-order valence-electron chi connectivity index (χ1n) is 6.85. The molecule has 0 fully saturated rings. The predicted molar refractivity (Wildman–Crippen MR) is 83.4 cm³/mol. The van der Waals surface area contributed by atoms with Gasteiger partial charge in [-0.1, -0.05) is 0 Å². The van der Waals surface area contributed by atoms with Crippen LogP contribution in [0, 0.1) is 20.2 Å². The Bertz CT molecular complexity index is 832. The van der Waals surface area contributed by atoms with Crippen LogP contribution in [0.1, 0.15) is 6.42 Å². The largest absolute Gasteiger partial charge is 0.506 e. The van der Waals surface area contributed by atoms with E-state index in [2.05, 4.69) is 10.4 Å². The minimum absolute atomic E-state index is 0.0135. The fourth-order valence-corrected chi connectivity index (χ4v) is 1.95. The molecule has 12 heteroatoms. The van der Waals surface area contributed by atoms with Crippen LogP contribution in [-0.4, -0.2) is 37.8 Å². The molecule has 0 aliphatic rings. The van der Waals surface area contributed by atoms with Crippen molar-refractivity contribution < 1.29 is 24.5 Å². The number of carbonyl (C=O) groups is 1. The lowest BCUT2D eigenvalue weighted by atomic mass is 10.2. The normalized spacial score (nSPS) is 10.3. The Morgan fingerprint density at radius 1 is 1.36 bits per heavy atom. The number of nitro benzene ring substituents is 1. The van der Waals surface area contributed by atoms with Gasteiger partial charge >= 0.3 is 11.6 Å². The van der Waals surface area contributed by atoms with Crippen molar-refractivity contribution in [1.29, 1.82) is 0 Å². The van der Waals surface area contributed by atoms with Gasteiger partial charge in [-0.05, 0) is 6.07 Å². The molecule has 0 radical (unpaired) electrons. The molecular formula is C13H13N5O7. The van der Waals surface area contributed by atoms with Crippen molar-refractivity contribution in [2.24, 2.45) is 0 Å². The van der Waals surface area contributed by atoms with Gasteiger partial charge in [-0.15, -0.1) is 5.10 Å². The van der Waals surface area contributed by atoms with Gasteiger partial charge in [-0.2, -0.15) is 0 Å². The number of ether oxygens (including phenoxy) is 1. The Morgan fingerprint density at radius 3 is 2.60 bits per heavy atom. The summed E-state index contributed by atoms with van der Waals surface area (Å²) < 4.78 is 5.96. The highest BCUT2D eigenvalue weighted by Crippen LogP contribution is 2.28. The number of methoxy groups -OCH3 is 1. The number of hydrogen-bond acceptors (Lipinski definition) is 8. The number of phenolic OH excluding ortho intramolecular Hbond substituents is 1. The molecule has 0 saturated carbocycles. The number of non-ortho nitro benzene ring substituents is 1. The third kappa shape index (κ3) is 4.19. The number of nitrogens with zero attached hydrogens (tertiary/aromatic N) is 4. The lowest BCUT2D eigenvalue weighted by Gasteiger charge is -2.07.